The Morgan fingerprint density at radius 1 is 1.18 bits per heavy atom. The van der Waals surface area contributed by atoms with E-state index in [0.717, 1.165) is 42.3 Å². The van der Waals surface area contributed by atoms with Gasteiger partial charge >= 0.3 is 5.97 Å². The molecule has 3 rings (SSSR count). The minimum Gasteiger partial charge on any atom is -0.489 e. The van der Waals surface area contributed by atoms with Gasteiger partial charge in [0.2, 0.25) is 10.0 Å². The van der Waals surface area contributed by atoms with Gasteiger partial charge < -0.3 is 20.1 Å². The van der Waals surface area contributed by atoms with Crippen LogP contribution in [0.15, 0.2) is 48.5 Å². The summed E-state index contributed by atoms with van der Waals surface area (Å²) in [6.07, 6.45) is 5.20. The lowest BCUT2D eigenvalue weighted by Gasteiger charge is -2.31. The van der Waals surface area contributed by atoms with Gasteiger partial charge in [-0.2, -0.15) is 0 Å². The lowest BCUT2D eigenvalue weighted by molar-refractivity contribution is -0.139. The Morgan fingerprint density at radius 3 is 2.48 bits per heavy atom. The Kier molecular flexibility index (Phi) is 14.8. The Labute approximate surface area is 254 Å². The molecule has 0 amide bonds. The predicted molar refractivity (Wildman–Crippen MR) is 166 cm³/mol. The summed E-state index contributed by atoms with van der Waals surface area (Å²) in [5, 5.41) is 7.89. The van der Waals surface area contributed by atoms with Crippen LogP contribution >= 0.6 is 36.4 Å². The number of hydrogen-bond donors (Lipinski definition) is 2. The third kappa shape index (κ3) is 10.2. The van der Waals surface area contributed by atoms with Gasteiger partial charge in [-0.1, -0.05) is 48.9 Å². The van der Waals surface area contributed by atoms with Gasteiger partial charge in [-0.15, -0.1) is 24.8 Å². The molecular formula is C27H37Cl3N4O5S. The summed E-state index contributed by atoms with van der Waals surface area (Å²) in [4.78, 5) is 14.4. The number of hydrogen-bond acceptors (Lipinski definition) is 7. The van der Waals surface area contributed by atoms with E-state index in [9.17, 15) is 13.2 Å². The number of likely N-dealkylation sites (tertiary alicyclic amines) is 1. The van der Waals surface area contributed by atoms with Crippen molar-refractivity contribution in [3.05, 3.63) is 64.7 Å². The maximum Gasteiger partial charge on any atom is 0.323 e. The Bertz CT molecular complexity index is 1270. The molecule has 1 fully saturated rings. The molecule has 1 saturated heterocycles. The minimum atomic E-state index is -4.09. The minimum absolute atomic E-state index is 0. The number of carbonyl (C=O) groups is 1. The first-order chi connectivity index (χ1) is 18.1. The normalized spacial score (nSPS) is 14.2. The number of anilines is 1. The molecule has 13 heteroatoms. The largest absolute Gasteiger partial charge is 0.489 e. The van der Waals surface area contributed by atoms with Gasteiger partial charge in [0.25, 0.3) is 0 Å². The van der Waals surface area contributed by atoms with Gasteiger partial charge in [0.05, 0.1) is 23.9 Å². The van der Waals surface area contributed by atoms with E-state index in [1.54, 1.807) is 49.4 Å². The lowest BCUT2D eigenvalue weighted by atomic mass is 10.1. The van der Waals surface area contributed by atoms with Crippen LogP contribution in [0.4, 0.5) is 5.69 Å². The number of piperidine rings is 1. The first kappa shape index (κ1) is 35.5. The molecule has 0 bridgehead atoms. The van der Waals surface area contributed by atoms with Crippen molar-refractivity contribution in [1.29, 1.82) is 5.41 Å². The third-order valence-corrected chi connectivity index (χ3v) is 8.13. The molecule has 0 aliphatic carbocycles. The summed E-state index contributed by atoms with van der Waals surface area (Å²) in [6.45, 7) is 6.70. The molecule has 1 aliphatic heterocycles. The van der Waals surface area contributed by atoms with E-state index in [1.165, 1.54) is 6.07 Å². The fraction of sp³-hybridized carbons (Fsp3) is 0.407. The van der Waals surface area contributed by atoms with Crippen molar-refractivity contribution in [1.82, 2.24) is 4.90 Å². The van der Waals surface area contributed by atoms with Crippen LogP contribution in [0.1, 0.15) is 37.8 Å². The second-order valence-electron chi connectivity index (χ2n) is 8.90. The number of nitrogen functional groups attached to an aromatic ring is 1. The lowest BCUT2D eigenvalue weighted by Crippen LogP contribution is -2.38. The SMILES string of the molecule is CCOC(=O)CS(=O)(=O)N(C/C=C/c1cccc(C(=N)N)c1)c1ccc(OC2CCN(CC)CC2)c(Cl)c1.Cl.Cl. The molecule has 1 aliphatic rings. The van der Waals surface area contributed by atoms with Crippen LogP contribution < -0.4 is 14.8 Å². The standard InChI is InChI=1S/C27H35ClN4O5S.2ClH/c1-3-31-15-12-23(13-16-31)37-25-11-10-22(18-24(25)28)32(38(34,35)19-26(33)36-4-2)14-6-8-20-7-5-9-21(17-20)27(29)30;;/h5-11,17-18,23H,3-4,12-16,19H2,1-2H3,(H3,29,30);2*1H/b8-6+;;. The van der Waals surface area contributed by atoms with Crippen LogP contribution in [0.25, 0.3) is 6.08 Å². The van der Waals surface area contributed by atoms with Crippen LogP contribution in [0.2, 0.25) is 5.02 Å². The number of halogens is 3. The molecule has 0 radical (unpaired) electrons. The zero-order valence-electron chi connectivity index (χ0n) is 22.5. The second kappa shape index (κ2) is 16.7. The first-order valence-electron chi connectivity index (χ1n) is 12.6. The fourth-order valence-corrected chi connectivity index (χ4v) is 5.67. The highest BCUT2D eigenvalue weighted by Gasteiger charge is 2.27. The number of sulfonamides is 1. The number of nitrogens with one attached hydrogen (secondary N) is 1. The smallest absolute Gasteiger partial charge is 0.323 e. The molecule has 0 saturated carbocycles. The zero-order valence-corrected chi connectivity index (χ0v) is 25.8. The summed E-state index contributed by atoms with van der Waals surface area (Å²) in [5.41, 5.74) is 7.17. The van der Waals surface area contributed by atoms with Crippen molar-refractivity contribution in [3.63, 3.8) is 0 Å². The highest BCUT2D eigenvalue weighted by atomic mass is 35.5. The molecule has 0 spiro atoms. The maximum absolute atomic E-state index is 13.2. The highest BCUT2D eigenvalue weighted by Crippen LogP contribution is 2.32. The van der Waals surface area contributed by atoms with Gasteiger partial charge in [0.15, 0.2) is 5.75 Å². The number of benzene rings is 2. The number of carbonyl (C=O) groups excluding carboxylic acids is 1. The molecule has 0 unspecified atom stereocenters. The summed E-state index contributed by atoms with van der Waals surface area (Å²) in [5.74, 6) is -1.21. The number of amidine groups is 1. The van der Waals surface area contributed by atoms with E-state index in [-0.39, 0.29) is 54.9 Å². The van der Waals surface area contributed by atoms with Crippen LogP contribution in [-0.4, -0.2) is 69.8 Å². The van der Waals surface area contributed by atoms with E-state index in [2.05, 4.69) is 11.8 Å². The second-order valence-corrected chi connectivity index (χ2v) is 11.2. The number of esters is 1. The van der Waals surface area contributed by atoms with Crippen LogP contribution in [0.3, 0.4) is 0 Å². The average Bonchev–Trinajstić information content (AvgIpc) is 2.88. The average molecular weight is 636 g/mol. The molecule has 2 aromatic rings. The predicted octanol–water partition coefficient (Wildman–Crippen LogP) is 4.74. The maximum atomic E-state index is 13.2. The number of ether oxygens (including phenoxy) is 2. The van der Waals surface area contributed by atoms with Crippen molar-refractivity contribution >= 4 is 70.0 Å². The van der Waals surface area contributed by atoms with Gasteiger partial charge in [-0.3, -0.25) is 14.5 Å². The summed E-state index contributed by atoms with van der Waals surface area (Å²) in [7, 11) is -4.09. The van der Waals surface area contributed by atoms with Crippen LogP contribution in [-0.2, 0) is 19.6 Å². The fourth-order valence-electron chi connectivity index (χ4n) is 4.17. The van der Waals surface area contributed by atoms with Crippen LogP contribution in [0, 0.1) is 5.41 Å². The van der Waals surface area contributed by atoms with Crippen molar-refractivity contribution < 1.29 is 22.7 Å². The Hall–Kier alpha value is -2.50. The van der Waals surface area contributed by atoms with Crippen molar-refractivity contribution in [3.8, 4) is 5.75 Å². The van der Waals surface area contributed by atoms with E-state index < -0.39 is 21.7 Å². The molecule has 222 valence electrons. The Balaban J connectivity index is 0.00000400. The summed E-state index contributed by atoms with van der Waals surface area (Å²) in [6, 6.07) is 11.8. The van der Waals surface area contributed by atoms with Crippen molar-refractivity contribution in [2.75, 3.05) is 42.8 Å². The molecule has 2 aromatic carbocycles. The molecule has 3 N–H and O–H groups in total. The quantitative estimate of drug-likeness (QED) is 0.196. The molecule has 0 atom stereocenters. The van der Waals surface area contributed by atoms with Gasteiger partial charge in [0, 0.05) is 18.7 Å². The van der Waals surface area contributed by atoms with Crippen molar-refractivity contribution in [2.24, 2.45) is 5.73 Å². The highest BCUT2D eigenvalue weighted by molar-refractivity contribution is 7.93. The monoisotopic (exact) mass is 634 g/mol. The van der Waals surface area contributed by atoms with Gasteiger partial charge in [-0.25, -0.2) is 8.42 Å². The van der Waals surface area contributed by atoms with Crippen LogP contribution in [0.5, 0.6) is 5.75 Å². The molecular weight excluding hydrogens is 599 g/mol. The van der Waals surface area contributed by atoms with E-state index >= 15 is 0 Å². The number of nitrogens with zero attached hydrogens (tertiary/aromatic N) is 2. The third-order valence-electron chi connectivity index (χ3n) is 6.20. The molecule has 0 aromatic heterocycles. The molecule has 40 heavy (non-hydrogen) atoms. The van der Waals surface area contributed by atoms with E-state index in [4.69, 9.17) is 32.2 Å². The van der Waals surface area contributed by atoms with E-state index in [0.29, 0.717) is 17.0 Å². The van der Waals surface area contributed by atoms with Crippen molar-refractivity contribution in [2.45, 2.75) is 32.8 Å². The molecule has 1 heterocycles. The number of rotatable bonds is 12. The first-order valence-corrected chi connectivity index (χ1v) is 14.6. The number of nitrogens with two attached hydrogens (primary N) is 1. The molecule has 9 nitrogen and oxygen atoms in total. The zero-order chi connectivity index (χ0) is 27.7. The topological polar surface area (TPSA) is 126 Å². The Morgan fingerprint density at radius 2 is 1.88 bits per heavy atom. The van der Waals surface area contributed by atoms with Gasteiger partial charge in [0.1, 0.15) is 17.7 Å². The summed E-state index contributed by atoms with van der Waals surface area (Å²) < 4.78 is 38.6. The van der Waals surface area contributed by atoms with Gasteiger partial charge in [-0.05, 0) is 56.1 Å². The van der Waals surface area contributed by atoms with E-state index in [1.807, 2.05) is 6.07 Å². The summed E-state index contributed by atoms with van der Waals surface area (Å²) >= 11 is 6.53.